The van der Waals surface area contributed by atoms with Gasteiger partial charge >= 0.3 is 0 Å². The molecule has 0 heterocycles. The first kappa shape index (κ1) is 15.6. The predicted molar refractivity (Wildman–Crippen MR) is 74.5 cm³/mol. The highest BCUT2D eigenvalue weighted by molar-refractivity contribution is 5.95. The van der Waals surface area contributed by atoms with Crippen LogP contribution in [0.25, 0.3) is 0 Å². The van der Waals surface area contributed by atoms with Crippen molar-refractivity contribution in [3.05, 3.63) is 33.9 Å². The van der Waals surface area contributed by atoms with E-state index in [0.717, 1.165) is 0 Å². The number of benzene rings is 1. The summed E-state index contributed by atoms with van der Waals surface area (Å²) in [5.74, 6) is -0.987. The van der Waals surface area contributed by atoms with Gasteiger partial charge < -0.3 is 11.1 Å². The second kappa shape index (κ2) is 6.14. The summed E-state index contributed by atoms with van der Waals surface area (Å²) in [5.41, 5.74) is 5.41. The fourth-order valence-electron chi connectivity index (χ4n) is 1.76. The number of carbonyl (C=O) groups is 2. The van der Waals surface area contributed by atoms with Crippen molar-refractivity contribution in [3.8, 4) is 0 Å². The molecule has 0 aliphatic carbocycles. The van der Waals surface area contributed by atoms with E-state index >= 15 is 0 Å². The van der Waals surface area contributed by atoms with Crippen molar-refractivity contribution >= 4 is 23.1 Å². The highest BCUT2D eigenvalue weighted by Crippen LogP contribution is 2.27. The van der Waals surface area contributed by atoms with Gasteiger partial charge in [0, 0.05) is 11.6 Å². The van der Waals surface area contributed by atoms with Gasteiger partial charge in [-0.1, -0.05) is 13.8 Å². The third-order valence-electron chi connectivity index (χ3n) is 2.89. The molecule has 0 aliphatic rings. The fraction of sp³-hybridized carbons (Fsp3) is 0.385. The lowest BCUT2D eigenvalue weighted by Gasteiger charge is -2.20. The zero-order valence-electron chi connectivity index (χ0n) is 11.5. The van der Waals surface area contributed by atoms with Crippen LogP contribution in [0.2, 0.25) is 0 Å². The molecule has 0 unspecified atom stereocenters. The Bertz CT molecular complexity index is 555. The van der Waals surface area contributed by atoms with Gasteiger partial charge in [-0.15, -0.1) is 0 Å². The molecule has 7 heteroatoms. The van der Waals surface area contributed by atoms with E-state index in [-0.39, 0.29) is 28.6 Å². The van der Waals surface area contributed by atoms with Gasteiger partial charge in [-0.25, -0.2) is 0 Å². The highest BCUT2D eigenvalue weighted by Gasteiger charge is 2.24. The molecule has 0 fully saturated rings. The first-order valence-corrected chi connectivity index (χ1v) is 6.09. The molecular weight excluding hydrogens is 262 g/mol. The fourth-order valence-corrected chi connectivity index (χ4v) is 1.76. The van der Waals surface area contributed by atoms with Gasteiger partial charge in [-0.05, 0) is 25.0 Å². The van der Waals surface area contributed by atoms with E-state index in [9.17, 15) is 19.7 Å². The van der Waals surface area contributed by atoms with Crippen LogP contribution >= 0.6 is 0 Å². The summed E-state index contributed by atoms with van der Waals surface area (Å²) in [5, 5.41) is 13.8. The minimum absolute atomic E-state index is 0.125. The average molecular weight is 279 g/mol. The SMILES string of the molecule is CC(=O)c1ccc(N[C@@H](C(N)=O)C(C)C)c([N+](=O)[O-])c1. The number of nitrogens with zero attached hydrogens (tertiary/aromatic N) is 1. The second-order valence-corrected chi connectivity index (χ2v) is 4.81. The maximum absolute atomic E-state index is 11.3. The number of carbonyl (C=O) groups excluding carboxylic acids is 2. The molecule has 0 radical (unpaired) electrons. The van der Waals surface area contributed by atoms with Crippen LogP contribution in [-0.2, 0) is 4.79 Å². The Morgan fingerprint density at radius 2 is 1.95 bits per heavy atom. The Hall–Kier alpha value is -2.44. The normalized spacial score (nSPS) is 12.0. The Balaban J connectivity index is 3.20. The van der Waals surface area contributed by atoms with E-state index in [2.05, 4.69) is 5.32 Å². The van der Waals surface area contributed by atoms with Gasteiger partial charge in [-0.3, -0.25) is 19.7 Å². The standard InChI is InChI=1S/C13H17N3O4/c1-7(2)12(13(14)18)15-10-5-4-9(8(3)17)6-11(10)16(19)20/h4-7,12,15H,1-3H3,(H2,14,18)/t12-/m1/s1. The number of primary amides is 1. The predicted octanol–water partition coefficient (Wildman–Crippen LogP) is 1.72. The molecule has 7 nitrogen and oxygen atoms in total. The minimum Gasteiger partial charge on any atom is -0.368 e. The number of nitro groups is 1. The van der Waals surface area contributed by atoms with E-state index < -0.39 is 16.9 Å². The first-order chi connectivity index (χ1) is 9.23. The number of nitrogens with two attached hydrogens (primary N) is 1. The third kappa shape index (κ3) is 3.53. The maximum atomic E-state index is 11.3. The topological polar surface area (TPSA) is 115 Å². The summed E-state index contributed by atoms with van der Waals surface area (Å²) < 4.78 is 0. The molecular formula is C13H17N3O4. The van der Waals surface area contributed by atoms with Crippen LogP contribution in [0.5, 0.6) is 0 Å². The molecule has 0 saturated heterocycles. The highest BCUT2D eigenvalue weighted by atomic mass is 16.6. The number of nitrogens with one attached hydrogen (secondary N) is 1. The van der Waals surface area contributed by atoms with E-state index in [1.807, 2.05) is 0 Å². The van der Waals surface area contributed by atoms with E-state index in [1.54, 1.807) is 13.8 Å². The lowest BCUT2D eigenvalue weighted by molar-refractivity contribution is -0.384. The largest absolute Gasteiger partial charge is 0.368 e. The summed E-state index contributed by atoms with van der Waals surface area (Å²) in [4.78, 5) is 33.0. The number of hydrogen-bond acceptors (Lipinski definition) is 5. The number of amides is 1. The maximum Gasteiger partial charge on any atom is 0.293 e. The van der Waals surface area contributed by atoms with Crippen LogP contribution in [0.1, 0.15) is 31.1 Å². The summed E-state index contributed by atoms with van der Waals surface area (Å²) >= 11 is 0. The summed E-state index contributed by atoms with van der Waals surface area (Å²) in [6.07, 6.45) is 0. The lowest BCUT2D eigenvalue weighted by Crippen LogP contribution is -2.39. The van der Waals surface area contributed by atoms with E-state index in [1.165, 1.54) is 25.1 Å². The lowest BCUT2D eigenvalue weighted by atomic mass is 10.0. The molecule has 0 spiro atoms. The Morgan fingerprint density at radius 3 is 2.35 bits per heavy atom. The van der Waals surface area contributed by atoms with Gasteiger partial charge in [-0.2, -0.15) is 0 Å². The minimum atomic E-state index is -0.725. The molecule has 3 N–H and O–H groups in total. The van der Waals surface area contributed by atoms with Crippen LogP contribution in [-0.4, -0.2) is 22.7 Å². The number of anilines is 1. The molecule has 20 heavy (non-hydrogen) atoms. The van der Waals surface area contributed by atoms with Crippen molar-refractivity contribution in [2.24, 2.45) is 11.7 Å². The molecule has 1 atom stereocenters. The summed E-state index contributed by atoms with van der Waals surface area (Å²) in [6, 6.07) is 3.34. The number of rotatable bonds is 6. The average Bonchev–Trinajstić information content (AvgIpc) is 2.34. The number of hydrogen-bond donors (Lipinski definition) is 2. The number of nitro benzene ring substituents is 1. The monoisotopic (exact) mass is 279 g/mol. The van der Waals surface area contributed by atoms with E-state index in [4.69, 9.17) is 5.73 Å². The van der Waals surface area contributed by atoms with Crippen molar-refractivity contribution in [1.82, 2.24) is 0 Å². The molecule has 1 aromatic rings. The molecule has 1 aromatic carbocycles. The number of ketones is 1. The number of Topliss-reactive ketones (excluding diaryl/α,β-unsaturated/α-hetero) is 1. The van der Waals surface area contributed by atoms with Crippen molar-refractivity contribution in [2.75, 3.05) is 5.32 Å². The third-order valence-corrected chi connectivity index (χ3v) is 2.89. The van der Waals surface area contributed by atoms with Crippen molar-refractivity contribution in [3.63, 3.8) is 0 Å². The van der Waals surface area contributed by atoms with Crippen molar-refractivity contribution in [1.29, 1.82) is 0 Å². The van der Waals surface area contributed by atoms with Gasteiger partial charge in [0.05, 0.1) is 4.92 Å². The summed E-state index contributed by atoms with van der Waals surface area (Å²) in [6.45, 7) is 4.88. The molecule has 108 valence electrons. The Labute approximate surface area is 116 Å². The van der Waals surface area contributed by atoms with Crippen LogP contribution < -0.4 is 11.1 Å². The van der Waals surface area contributed by atoms with E-state index in [0.29, 0.717) is 0 Å². The second-order valence-electron chi connectivity index (χ2n) is 4.81. The van der Waals surface area contributed by atoms with Gasteiger partial charge in [0.15, 0.2) is 5.78 Å². The molecule has 0 saturated carbocycles. The zero-order valence-corrected chi connectivity index (χ0v) is 11.5. The smallest absolute Gasteiger partial charge is 0.293 e. The zero-order chi connectivity index (χ0) is 15.4. The molecule has 1 amide bonds. The van der Waals surface area contributed by atoms with Crippen molar-refractivity contribution < 1.29 is 14.5 Å². The molecule has 0 bridgehead atoms. The molecule has 0 aromatic heterocycles. The van der Waals surface area contributed by atoms with Crippen molar-refractivity contribution in [2.45, 2.75) is 26.8 Å². The molecule has 0 aliphatic heterocycles. The van der Waals surface area contributed by atoms with Crippen LogP contribution in [0.3, 0.4) is 0 Å². The Morgan fingerprint density at radius 1 is 1.35 bits per heavy atom. The molecule has 1 rings (SSSR count). The van der Waals surface area contributed by atoms with Gasteiger partial charge in [0.25, 0.3) is 5.69 Å². The van der Waals surface area contributed by atoms with Crippen LogP contribution in [0, 0.1) is 16.0 Å². The van der Waals surface area contributed by atoms with Crippen LogP contribution in [0.4, 0.5) is 11.4 Å². The first-order valence-electron chi connectivity index (χ1n) is 6.09. The van der Waals surface area contributed by atoms with Crippen LogP contribution in [0.15, 0.2) is 18.2 Å². The summed E-state index contributed by atoms with van der Waals surface area (Å²) in [7, 11) is 0. The Kier molecular flexibility index (Phi) is 4.79. The van der Waals surface area contributed by atoms with Gasteiger partial charge in [0.2, 0.25) is 5.91 Å². The van der Waals surface area contributed by atoms with Gasteiger partial charge in [0.1, 0.15) is 11.7 Å². The quantitative estimate of drug-likeness (QED) is 0.467.